The summed E-state index contributed by atoms with van der Waals surface area (Å²) in [6.45, 7) is 1.90. The van der Waals surface area contributed by atoms with E-state index in [2.05, 4.69) is 4.74 Å². The lowest BCUT2D eigenvalue weighted by Gasteiger charge is -2.08. The smallest absolute Gasteiger partial charge is 0.339 e. The first kappa shape index (κ1) is 9.74. The van der Waals surface area contributed by atoms with Crippen molar-refractivity contribution < 1.29 is 14.6 Å². The fourth-order valence-corrected chi connectivity index (χ4v) is 1.09. The molecular weight excluding hydrogens is 168 g/mol. The quantitative estimate of drug-likeness (QED) is 0.695. The molecule has 1 atom stereocenters. The Kier molecular flexibility index (Phi) is 3.03. The van der Waals surface area contributed by atoms with E-state index in [9.17, 15) is 9.90 Å². The maximum absolute atomic E-state index is 11.0. The first-order chi connectivity index (χ1) is 6.15. The number of esters is 1. The van der Waals surface area contributed by atoms with E-state index in [1.54, 1.807) is 18.2 Å². The molecule has 0 radical (unpaired) electrons. The van der Waals surface area contributed by atoms with Gasteiger partial charge in [-0.3, -0.25) is 0 Å². The third-order valence-electron chi connectivity index (χ3n) is 1.78. The Morgan fingerprint density at radius 2 is 2.23 bits per heavy atom. The lowest BCUT2D eigenvalue weighted by atomic mass is 10.1. The van der Waals surface area contributed by atoms with Crippen molar-refractivity contribution in [3.8, 4) is 0 Å². The minimum absolute atomic E-state index is 0.562. The lowest BCUT2D eigenvalue weighted by Crippen LogP contribution is -2.13. The molecule has 3 heteroatoms. The van der Waals surface area contributed by atoms with Crippen molar-refractivity contribution in [2.45, 2.75) is 13.0 Å². The van der Waals surface area contributed by atoms with E-state index in [1.165, 1.54) is 7.11 Å². The zero-order chi connectivity index (χ0) is 9.84. The SMILES string of the molecule is COC(=O)[C@H](O)c1cccc(C)c1. The van der Waals surface area contributed by atoms with Gasteiger partial charge in [-0.05, 0) is 12.5 Å². The van der Waals surface area contributed by atoms with Crippen LogP contribution in [0.5, 0.6) is 0 Å². The molecule has 0 aliphatic rings. The molecule has 1 rings (SSSR count). The van der Waals surface area contributed by atoms with Crippen molar-refractivity contribution in [2.24, 2.45) is 0 Å². The van der Waals surface area contributed by atoms with Gasteiger partial charge in [0.2, 0.25) is 0 Å². The molecule has 0 unspecified atom stereocenters. The van der Waals surface area contributed by atoms with Crippen LogP contribution in [-0.2, 0) is 9.53 Å². The molecular formula is C10H12O3. The van der Waals surface area contributed by atoms with E-state index in [4.69, 9.17) is 0 Å². The summed E-state index contributed by atoms with van der Waals surface area (Å²) in [5.41, 5.74) is 1.56. The largest absolute Gasteiger partial charge is 0.467 e. The Balaban J connectivity index is 2.88. The van der Waals surface area contributed by atoms with Gasteiger partial charge in [0, 0.05) is 0 Å². The molecule has 1 N–H and O–H groups in total. The predicted octanol–water partition coefficient (Wildman–Crippen LogP) is 1.20. The van der Waals surface area contributed by atoms with E-state index in [0.29, 0.717) is 5.56 Å². The van der Waals surface area contributed by atoms with Crippen LogP contribution in [0, 0.1) is 6.92 Å². The standard InChI is InChI=1S/C10H12O3/c1-7-4-3-5-8(6-7)9(11)10(12)13-2/h3-6,9,11H,1-2H3/t9-/m1/s1. The van der Waals surface area contributed by atoms with E-state index in [0.717, 1.165) is 5.56 Å². The molecule has 0 aromatic heterocycles. The highest BCUT2D eigenvalue weighted by Gasteiger charge is 2.17. The van der Waals surface area contributed by atoms with Gasteiger partial charge in [-0.1, -0.05) is 29.8 Å². The number of hydrogen-bond donors (Lipinski definition) is 1. The van der Waals surface area contributed by atoms with Crippen LogP contribution in [0.3, 0.4) is 0 Å². The Morgan fingerprint density at radius 1 is 1.54 bits per heavy atom. The molecule has 0 saturated carbocycles. The van der Waals surface area contributed by atoms with Gasteiger partial charge in [-0.2, -0.15) is 0 Å². The fourth-order valence-electron chi connectivity index (χ4n) is 1.09. The van der Waals surface area contributed by atoms with Gasteiger partial charge in [0.15, 0.2) is 6.10 Å². The fraction of sp³-hybridized carbons (Fsp3) is 0.300. The highest BCUT2D eigenvalue weighted by molar-refractivity contribution is 5.76. The number of carbonyl (C=O) groups excluding carboxylic acids is 1. The van der Waals surface area contributed by atoms with Gasteiger partial charge in [0.05, 0.1) is 7.11 Å². The second kappa shape index (κ2) is 4.05. The van der Waals surface area contributed by atoms with Crippen molar-refractivity contribution in [2.75, 3.05) is 7.11 Å². The summed E-state index contributed by atoms with van der Waals surface area (Å²) in [5.74, 6) is -0.634. The highest BCUT2D eigenvalue weighted by atomic mass is 16.5. The molecule has 1 aromatic rings. The van der Waals surface area contributed by atoms with Crippen LogP contribution in [0.4, 0.5) is 0 Å². The number of aryl methyl sites for hydroxylation is 1. The first-order valence-electron chi connectivity index (χ1n) is 3.97. The normalized spacial score (nSPS) is 12.2. The number of ether oxygens (including phenoxy) is 1. The van der Waals surface area contributed by atoms with Crippen LogP contribution in [0.2, 0.25) is 0 Å². The summed E-state index contributed by atoms with van der Waals surface area (Å²) >= 11 is 0. The predicted molar refractivity (Wildman–Crippen MR) is 48.2 cm³/mol. The van der Waals surface area contributed by atoms with Crippen molar-refractivity contribution in [1.82, 2.24) is 0 Å². The van der Waals surface area contributed by atoms with Crippen LogP contribution in [0.15, 0.2) is 24.3 Å². The molecule has 0 aliphatic heterocycles. The topological polar surface area (TPSA) is 46.5 Å². The molecule has 0 saturated heterocycles. The molecule has 0 spiro atoms. The van der Waals surface area contributed by atoms with Crippen molar-refractivity contribution in [3.63, 3.8) is 0 Å². The Hall–Kier alpha value is -1.35. The second-order valence-electron chi connectivity index (χ2n) is 2.84. The highest BCUT2D eigenvalue weighted by Crippen LogP contribution is 2.15. The number of hydrogen-bond acceptors (Lipinski definition) is 3. The zero-order valence-electron chi connectivity index (χ0n) is 7.65. The summed E-state index contributed by atoms with van der Waals surface area (Å²) in [6, 6.07) is 7.13. The third kappa shape index (κ3) is 2.29. The Morgan fingerprint density at radius 3 is 2.77 bits per heavy atom. The number of methoxy groups -OCH3 is 1. The van der Waals surface area contributed by atoms with Crippen LogP contribution >= 0.6 is 0 Å². The van der Waals surface area contributed by atoms with Gasteiger partial charge in [-0.25, -0.2) is 4.79 Å². The molecule has 0 fully saturated rings. The van der Waals surface area contributed by atoms with E-state index >= 15 is 0 Å². The number of benzene rings is 1. The summed E-state index contributed by atoms with van der Waals surface area (Å²) in [7, 11) is 1.25. The molecule has 1 aromatic carbocycles. The molecule has 0 heterocycles. The number of carbonyl (C=O) groups is 1. The van der Waals surface area contributed by atoms with E-state index in [1.807, 2.05) is 13.0 Å². The average Bonchev–Trinajstić information content (AvgIpc) is 2.15. The van der Waals surface area contributed by atoms with Crippen LogP contribution in [0.25, 0.3) is 0 Å². The molecule has 0 aliphatic carbocycles. The van der Waals surface area contributed by atoms with Crippen LogP contribution in [-0.4, -0.2) is 18.2 Å². The molecule has 70 valence electrons. The van der Waals surface area contributed by atoms with Crippen molar-refractivity contribution in [3.05, 3.63) is 35.4 Å². The third-order valence-corrected chi connectivity index (χ3v) is 1.78. The summed E-state index contributed by atoms with van der Waals surface area (Å²) < 4.78 is 4.42. The maximum atomic E-state index is 11.0. The number of aliphatic hydroxyl groups excluding tert-OH is 1. The van der Waals surface area contributed by atoms with E-state index < -0.39 is 12.1 Å². The minimum atomic E-state index is -1.18. The summed E-state index contributed by atoms with van der Waals surface area (Å²) in [5, 5.41) is 9.44. The average molecular weight is 180 g/mol. The minimum Gasteiger partial charge on any atom is -0.467 e. The van der Waals surface area contributed by atoms with Crippen molar-refractivity contribution in [1.29, 1.82) is 0 Å². The molecule has 0 bridgehead atoms. The second-order valence-corrected chi connectivity index (χ2v) is 2.84. The van der Waals surface area contributed by atoms with Crippen molar-refractivity contribution >= 4 is 5.97 Å². The van der Waals surface area contributed by atoms with Gasteiger partial charge in [0.1, 0.15) is 0 Å². The van der Waals surface area contributed by atoms with Gasteiger partial charge in [-0.15, -0.1) is 0 Å². The molecule has 0 amide bonds. The molecule has 3 nitrogen and oxygen atoms in total. The monoisotopic (exact) mass is 180 g/mol. The Bertz CT molecular complexity index is 307. The number of aliphatic hydroxyl groups is 1. The van der Waals surface area contributed by atoms with Crippen LogP contribution in [0.1, 0.15) is 17.2 Å². The van der Waals surface area contributed by atoms with E-state index in [-0.39, 0.29) is 0 Å². The molecule has 13 heavy (non-hydrogen) atoms. The van der Waals surface area contributed by atoms with Gasteiger partial charge in [0.25, 0.3) is 0 Å². The first-order valence-corrected chi connectivity index (χ1v) is 3.97. The lowest BCUT2D eigenvalue weighted by molar-refractivity contribution is -0.150. The maximum Gasteiger partial charge on any atom is 0.339 e. The van der Waals surface area contributed by atoms with Crippen LogP contribution < -0.4 is 0 Å². The van der Waals surface area contributed by atoms with Gasteiger partial charge < -0.3 is 9.84 Å². The number of rotatable bonds is 2. The summed E-state index contributed by atoms with van der Waals surface area (Å²) in [6.07, 6.45) is -1.18. The Labute approximate surface area is 77.0 Å². The summed E-state index contributed by atoms with van der Waals surface area (Å²) in [4.78, 5) is 11.0. The zero-order valence-corrected chi connectivity index (χ0v) is 7.65. The van der Waals surface area contributed by atoms with Gasteiger partial charge >= 0.3 is 5.97 Å².